The number of hydrogen-bond donors (Lipinski definition) is 1. The third-order valence-electron chi connectivity index (χ3n) is 3.39. The first-order chi connectivity index (χ1) is 10.6. The minimum Gasteiger partial charge on any atom is -0.337 e. The van der Waals surface area contributed by atoms with Gasteiger partial charge in [-0.15, -0.1) is 0 Å². The predicted molar refractivity (Wildman–Crippen MR) is 93.5 cm³/mol. The molecule has 3 rings (SSSR count). The summed E-state index contributed by atoms with van der Waals surface area (Å²) < 4.78 is 1.57. The fraction of sp³-hybridized carbons (Fsp3) is 0.118. The molecule has 0 aliphatic rings. The molecule has 0 aliphatic carbocycles. The Hall–Kier alpha value is -1.91. The van der Waals surface area contributed by atoms with Crippen molar-refractivity contribution < 1.29 is 0 Å². The van der Waals surface area contributed by atoms with Gasteiger partial charge in [-0.25, -0.2) is 9.66 Å². The smallest absolute Gasteiger partial charge is 0.187 e. The van der Waals surface area contributed by atoms with E-state index in [1.165, 1.54) is 0 Å². The van der Waals surface area contributed by atoms with Gasteiger partial charge in [-0.05, 0) is 18.6 Å². The lowest BCUT2D eigenvalue weighted by Crippen LogP contribution is -2.08. The Kier molecular flexibility index (Phi) is 4.41. The lowest BCUT2D eigenvalue weighted by Gasteiger charge is -2.12. The van der Waals surface area contributed by atoms with Crippen LogP contribution in [0.5, 0.6) is 0 Å². The number of nitrogens with zero attached hydrogens (tertiary/aromatic N) is 2. The fourth-order valence-corrected chi connectivity index (χ4v) is 3.58. The van der Waals surface area contributed by atoms with E-state index < -0.39 is 0 Å². The van der Waals surface area contributed by atoms with Gasteiger partial charge in [0.05, 0.1) is 11.9 Å². The van der Waals surface area contributed by atoms with Crippen LogP contribution in [0.15, 0.2) is 66.0 Å². The van der Waals surface area contributed by atoms with E-state index in [-0.39, 0.29) is 5.25 Å². The van der Waals surface area contributed by atoms with E-state index in [1.807, 2.05) is 60.8 Å². The molecule has 2 N–H and O–H groups in total. The van der Waals surface area contributed by atoms with Gasteiger partial charge in [0.1, 0.15) is 0 Å². The molecule has 112 valence electrons. The van der Waals surface area contributed by atoms with Crippen molar-refractivity contribution in [2.24, 2.45) is 0 Å². The second-order valence-electron chi connectivity index (χ2n) is 4.96. The lowest BCUT2D eigenvalue weighted by atomic mass is 10.2. The van der Waals surface area contributed by atoms with Crippen molar-refractivity contribution in [1.82, 2.24) is 9.66 Å². The zero-order valence-electron chi connectivity index (χ0n) is 12.1. The van der Waals surface area contributed by atoms with Gasteiger partial charge in [0.15, 0.2) is 5.16 Å². The maximum atomic E-state index is 6.25. The molecule has 1 aromatic heterocycles. The Morgan fingerprint density at radius 3 is 2.50 bits per heavy atom. The summed E-state index contributed by atoms with van der Waals surface area (Å²) in [5.41, 5.74) is 3.01. The molecule has 0 fully saturated rings. The summed E-state index contributed by atoms with van der Waals surface area (Å²) in [7, 11) is 0. The molecule has 5 heteroatoms. The SMILES string of the molecule is C[C@@H](Sc1nc(-c2ccccc2)cn1N)c1ccccc1Cl. The van der Waals surface area contributed by atoms with Crippen molar-refractivity contribution in [2.75, 3.05) is 5.84 Å². The second kappa shape index (κ2) is 6.46. The molecule has 0 spiro atoms. The van der Waals surface area contributed by atoms with Crippen molar-refractivity contribution in [3.63, 3.8) is 0 Å². The Bertz CT molecular complexity index is 771. The van der Waals surface area contributed by atoms with Crippen LogP contribution in [-0.4, -0.2) is 9.66 Å². The van der Waals surface area contributed by atoms with E-state index in [4.69, 9.17) is 17.4 Å². The van der Waals surface area contributed by atoms with E-state index >= 15 is 0 Å². The Labute approximate surface area is 139 Å². The molecule has 0 aliphatic heterocycles. The van der Waals surface area contributed by atoms with Gasteiger partial charge in [-0.1, -0.05) is 71.9 Å². The zero-order valence-corrected chi connectivity index (χ0v) is 13.7. The van der Waals surface area contributed by atoms with Crippen LogP contribution in [0.2, 0.25) is 5.02 Å². The van der Waals surface area contributed by atoms with Gasteiger partial charge in [-0.3, -0.25) is 0 Å². The van der Waals surface area contributed by atoms with Crippen LogP contribution in [0, 0.1) is 0 Å². The van der Waals surface area contributed by atoms with Gasteiger partial charge in [0.2, 0.25) is 0 Å². The largest absolute Gasteiger partial charge is 0.337 e. The van der Waals surface area contributed by atoms with Crippen LogP contribution in [-0.2, 0) is 0 Å². The summed E-state index contributed by atoms with van der Waals surface area (Å²) >= 11 is 7.85. The van der Waals surface area contributed by atoms with Crippen molar-refractivity contribution in [2.45, 2.75) is 17.3 Å². The van der Waals surface area contributed by atoms with Gasteiger partial charge in [0.25, 0.3) is 0 Å². The standard InChI is InChI=1S/C17H16ClN3S/c1-12(14-9-5-6-10-15(14)18)22-17-20-16(11-21(17)19)13-7-3-2-4-8-13/h2-12H,19H2,1H3/t12-/m1/s1. The third kappa shape index (κ3) is 3.13. The zero-order chi connectivity index (χ0) is 15.5. The molecule has 0 unspecified atom stereocenters. The highest BCUT2D eigenvalue weighted by molar-refractivity contribution is 7.99. The Morgan fingerprint density at radius 1 is 1.09 bits per heavy atom. The molecular formula is C17H16ClN3S. The number of benzene rings is 2. The lowest BCUT2D eigenvalue weighted by molar-refractivity contribution is 0.846. The van der Waals surface area contributed by atoms with E-state index in [1.54, 1.807) is 16.4 Å². The number of imidazole rings is 1. The summed E-state index contributed by atoms with van der Waals surface area (Å²) in [4.78, 5) is 4.63. The molecule has 3 aromatic rings. The van der Waals surface area contributed by atoms with E-state index in [2.05, 4.69) is 11.9 Å². The Morgan fingerprint density at radius 2 is 1.77 bits per heavy atom. The number of hydrogen-bond acceptors (Lipinski definition) is 3. The minimum atomic E-state index is 0.169. The molecular weight excluding hydrogens is 314 g/mol. The summed E-state index contributed by atoms with van der Waals surface area (Å²) in [5, 5.41) is 1.70. The molecule has 1 atom stereocenters. The maximum Gasteiger partial charge on any atom is 0.187 e. The number of rotatable bonds is 4. The van der Waals surface area contributed by atoms with Crippen LogP contribution in [0.1, 0.15) is 17.7 Å². The highest BCUT2D eigenvalue weighted by atomic mass is 35.5. The van der Waals surface area contributed by atoms with Crippen LogP contribution in [0.3, 0.4) is 0 Å². The highest BCUT2D eigenvalue weighted by Gasteiger charge is 2.15. The van der Waals surface area contributed by atoms with Gasteiger partial charge in [-0.2, -0.15) is 0 Å². The molecule has 0 amide bonds. The summed E-state index contributed by atoms with van der Waals surface area (Å²) in [6.45, 7) is 2.10. The van der Waals surface area contributed by atoms with Crippen LogP contribution in [0.4, 0.5) is 0 Å². The summed E-state index contributed by atoms with van der Waals surface area (Å²) in [6, 6.07) is 17.9. The summed E-state index contributed by atoms with van der Waals surface area (Å²) in [6.07, 6.45) is 1.84. The average Bonchev–Trinajstić information content (AvgIpc) is 2.89. The van der Waals surface area contributed by atoms with Crippen molar-refractivity contribution in [3.05, 3.63) is 71.4 Å². The quantitative estimate of drug-likeness (QED) is 0.554. The van der Waals surface area contributed by atoms with Crippen molar-refractivity contribution in [1.29, 1.82) is 0 Å². The number of halogens is 1. The van der Waals surface area contributed by atoms with Crippen molar-refractivity contribution in [3.8, 4) is 11.3 Å². The average molecular weight is 330 g/mol. The topological polar surface area (TPSA) is 43.8 Å². The van der Waals surface area contributed by atoms with E-state index in [0.717, 1.165) is 27.0 Å². The first-order valence-corrected chi connectivity index (χ1v) is 8.22. The first-order valence-electron chi connectivity index (χ1n) is 6.96. The van der Waals surface area contributed by atoms with E-state index in [9.17, 15) is 0 Å². The molecule has 0 radical (unpaired) electrons. The minimum absolute atomic E-state index is 0.169. The second-order valence-corrected chi connectivity index (χ2v) is 6.68. The van der Waals surface area contributed by atoms with Crippen LogP contribution in [0.25, 0.3) is 11.3 Å². The van der Waals surface area contributed by atoms with Crippen LogP contribution >= 0.6 is 23.4 Å². The van der Waals surface area contributed by atoms with Gasteiger partial charge in [0, 0.05) is 15.8 Å². The normalized spacial score (nSPS) is 12.3. The highest BCUT2D eigenvalue weighted by Crippen LogP contribution is 2.37. The van der Waals surface area contributed by atoms with Crippen molar-refractivity contribution >= 4 is 23.4 Å². The Balaban J connectivity index is 1.84. The number of nitrogens with two attached hydrogens (primary N) is 1. The number of nitrogen functional groups attached to an aromatic ring is 1. The predicted octanol–water partition coefficient (Wildman–Crippen LogP) is 4.77. The third-order valence-corrected chi connectivity index (χ3v) is 4.86. The fourth-order valence-electron chi connectivity index (χ4n) is 2.24. The molecule has 2 aromatic carbocycles. The molecule has 0 saturated carbocycles. The number of thioether (sulfide) groups is 1. The van der Waals surface area contributed by atoms with E-state index in [0.29, 0.717) is 0 Å². The molecule has 22 heavy (non-hydrogen) atoms. The summed E-state index contributed by atoms with van der Waals surface area (Å²) in [5.74, 6) is 6.04. The first kappa shape index (κ1) is 15.0. The van der Waals surface area contributed by atoms with Gasteiger partial charge < -0.3 is 5.84 Å². The molecule has 1 heterocycles. The van der Waals surface area contributed by atoms with Gasteiger partial charge >= 0.3 is 0 Å². The molecule has 3 nitrogen and oxygen atoms in total. The number of aromatic nitrogens is 2. The monoisotopic (exact) mass is 329 g/mol. The maximum absolute atomic E-state index is 6.25. The molecule has 0 bridgehead atoms. The molecule has 0 saturated heterocycles. The van der Waals surface area contributed by atoms with Crippen LogP contribution < -0.4 is 5.84 Å².